The molecule has 0 saturated carbocycles. The molecule has 1 aliphatic rings. The Hall–Kier alpha value is -0.770. The molecule has 1 heterocycles. The first-order valence-electron chi connectivity index (χ1n) is 6.95. The molecule has 0 radical (unpaired) electrons. The van der Waals surface area contributed by atoms with Crippen molar-refractivity contribution >= 4 is 23.5 Å². The summed E-state index contributed by atoms with van der Waals surface area (Å²) < 4.78 is 0. The Balaban J connectivity index is 2.53. The van der Waals surface area contributed by atoms with Crippen LogP contribution < -0.4 is 5.32 Å². The molecule has 2 unspecified atom stereocenters. The van der Waals surface area contributed by atoms with E-state index in [-0.39, 0.29) is 11.4 Å². The van der Waals surface area contributed by atoms with E-state index in [1.165, 1.54) is 0 Å². The van der Waals surface area contributed by atoms with E-state index in [1.54, 1.807) is 11.8 Å². The molecule has 0 aromatic heterocycles. The molecule has 110 valence electrons. The lowest BCUT2D eigenvalue weighted by atomic mass is 9.77. The topological polar surface area (TPSA) is 49.4 Å². The maximum Gasteiger partial charge on any atom is 0.324 e. The quantitative estimate of drug-likeness (QED) is 0.754. The fourth-order valence-corrected chi connectivity index (χ4v) is 2.50. The second-order valence-corrected chi connectivity index (χ2v) is 7.05. The van der Waals surface area contributed by atoms with Crippen LogP contribution in [0.25, 0.3) is 0 Å². The van der Waals surface area contributed by atoms with Gasteiger partial charge in [0.15, 0.2) is 0 Å². The molecule has 1 saturated heterocycles. The smallest absolute Gasteiger partial charge is 0.324 e. The molecule has 5 heteroatoms. The van der Waals surface area contributed by atoms with Crippen molar-refractivity contribution in [1.29, 1.82) is 0 Å². The number of imide groups is 1. The monoisotopic (exact) mass is 288 g/mol. The van der Waals surface area contributed by atoms with Crippen molar-refractivity contribution in [3.63, 3.8) is 0 Å². The number of carbonyl (C=O) groups excluding carboxylic acids is 2. The van der Waals surface area contributed by atoms with E-state index in [9.17, 15) is 9.59 Å². The van der Waals surface area contributed by atoms with Gasteiger partial charge in [0, 0.05) is 13.1 Å². The number of carbonyl (C=O) groups is 2. The van der Waals surface area contributed by atoms with Crippen LogP contribution in [0.15, 0.2) is 0 Å². The van der Waals surface area contributed by atoms with Gasteiger partial charge in [-0.25, -0.2) is 4.79 Å². The number of nitrogens with zero attached hydrogens (tertiary/aromatic N) is 1. The standard InChI is InChI=1S/C14H25ClN2O2/c1-10(15)12(18)16-13(19)17-8-5-6-11(7-9-17)14(2,3)4/h10-11H,5-9H2,1-4H3,(H,16,18,19). The number of hydrogen-bond donors (Lipinski definition) is 1. The second kappa shape index (κ2) is 6.60. The Kier molecular flexibility index (Phi) is 5.65. The van der Waals surface area contributed by atoms with Gasteiger partial charge in [0.2, 0.25) is 5.91 Å². The lowest BCUT2D eigenvalue weighted by Gasteiger charge is -2.29. The molecule has 0 spiro atoms. The second-order valence-electron chi connectivity index (χ2n) is 6.39. The number of likely N-dealkylation sites (tertiary alicyclic amines) is 1. The fraction of sp³-hybridized carbons (Fsp3) is 0.857. The molecule has 0 aromatic carbocycles. The molecule has 0 aliphatic carbocycles. The molecule has 2 atom stereocenters. The Morgan fingerprint density at radius 1 is 1.26 bits per heavy atom. The summed E-state index contributed by atoms with van der Waals surface area (Å²) in [4.78, 5) is 25.1. The maximum atomic E-state index is 12.0. The molecule has 19 heavy (non-hydrogen) atoms. The van der Waals surface area contributed by atoms with Gasteiger partial charge >= 0.3 is 6.03 Å². The van der Waals surface area contributed by atoms with Crippen LogP contribution in [-0.4, -0.2) is 35.3 Å². The van der Waals surface area contributed by atoms with E-state index in [4.69, 9.17) is 11.6 Å². The normalized spacial score (nSPS) is 22.6. The van der Waals surface area contributed by atoms with E-state index in [1.807, 2.05) is 0 Å². The Morgan fingerprint density at radius 2 is 1.89 bits per heavy atom. The molecule has 0 bridgehead atoms. The number of hydrogen-bond acceptors (Lipinski definition) is 2. The van der Waals surface area contributed by atoms with Crippen molar-refractivity contribution in [2.75, 3.05) is 13.1 Å². The average Bonchev–Trinajstić information content (AvgIpc) is 2.53. The highest BCUT2D eigenvalue weighted by Gasteiger charge is 2.29. The van der Waals surface area contributed by atoms with E-state index in [0.29, 0.717) is 19.0 Å². The van der Waals surface area contributed by atoms with Gasteiger partial charge in [-0.3, -0.25) is 10.1 Å². The Morgan fingerprint density at radius 3 is 2.42 bits per heavy atom. The first kappa shape index (κ1) is 16.3. The highest BCUT2D eigenvalue weighted by Crippen LogP contribution is 2.34. The van der Waals surface area contributed by atoms with Gasteiger partial charge in [-0.15, -0.1) is 11.6 Å². The number of rotatable bonds is 1. The Bertz CT molecular complexity index is 337. The van der Waals surface area contributed by atoms with Crippen molar-refractivity contribution in [2.24, 2.45) is 11.3 Å². The zero-order valence-corrected chi connectivity index (χ0v) is 13.1. The molecular formula is C14H25ClN2O2. The molecule has 1 N–H and O–H groups in total. The third-order valence-corrected chi connectivity index (χ3v) is 4.03. The first-order valence-corrected chi connectivity index (χ1v) is 7.39. The van der Waals surface area contributed by atoms with Gasteiger partial charge in [0.25, 0.3) is 0 Å². The molecule has 1 fully saturated rings. The van der Waals surface area contributed by atoms with Gasteiger partial charge in [-0.1, -0.05) is 20.8 Å². The van der Waals surface area contributed by atoms with Crippen LogP contribution in [0.4, 0.5) is 4.79 Å². The number of halogens is 1. The van der Waals surface area contributed by atoms with Crippen LogP contribution in [-0.2, 0) is 4.79 Å². The minimum absolute atomic E-state index is 0.271. The predicted molar refractivity (Wildman–Crippen MR) is 77.2 cm³/mol. The van der Waals surface area contributed by atoms with E-state index in [2.05, 4.69) is 26.1 Å². The summed E-state index contributed by atoms with van der Waals surface area (Å²) in [5.41, 5.74) is 0.271. The zero-order valence-electron chi connectivity index (χ0n) is 12.3. The van der Waals surface area contributed by atoms with Crippen molar-refractivity contribution in [3.8, 4) is 0 Å². The zero-order chi connectivity index (χ0) is 14.6. The number of nitrogens with one attached hydrogen (secondary N) is 1. The van der Waals surface area contributed by atoms with Crippen LogP contribution in [0, 0.1) is 11.3 Å². The minimum atomic E-state index is -0.682. The van der Waals surface area contributed by atoms with E-state index < -0.39 is 11.3 Å². The van der Waals surface area contributed by atoms with Gasteiger partial charge < -0.3 is 4.90 Å². The predicted octanol–water partition coefficient (Wildman–Crippen LogP) is 3.00. The SMILES string of the molecule is CC(Cl)C(=O)NC(=O)N1CCCC(C(C)(C)C)CC1. The van der Waals surface area contributed by atoms with Crippen LogP contribution in [0.3, 0.4) is 0 Å². The average molecular weight is 289 g/mol. The van der Waals surface area contributed by atoms with Crippen LogP contribution in [0.1, 0.15) is 47.0 Å². The summed E-state index contributed by atoms with van der Waals surface area (Å²) in [6, 6.07) is -0.313. The number of alkyl halides is 1. The van der Waals surface area contributed by atoms with Crippen LogP contribution >= 0.6 is 11.6 Å². The van der Waals surface area contributed by atoms with Gasteiger partial charge in [0.05, 0.1) is 0 Å². The third kappa shape index (κ3) is 5.01. The molecule has 4 nitrogen and oxygen atoms in total. The highest BCUT2D eigenvalue weighted by atomic mass is 35.5. The molecule has 3 amide bonds. The summed E-state index contributed by atoms with van der Waals surface area (Å²) in [5, 5.41) is 1.66. The third-order valence-electron chi connectivity index (χ3n) is 3.83. The Labute approximate surface area is 120 Å². The lowest BCUT2D eigenvalue weighted by Crippen LogP contribution is -2.45. The minimum Gasteiger partial charge on any atom is -0.324 e. The number of amides is 3. The molecular weight excluding hydrogens is 264 g/mol. The maximum absolute atomic E-state index is 12.0. The fourth-order valence-electron chi connectivity index (χ4n) is 2.45. The van der Waals surface area contributed by atoms with Crippen molar-refractivity contribution in [3.05, 3.63) is 0 Å². The van der Waals surface area contributed by atoms with Crippen molar-refractivity contribution < 1.29 is 9.59 Å². The summed E-state index contributed by atoms with van der Waals surface area (Å²) in [5.74, 6) is 0.191. The van der Waals surface area contributed by atoms with Crippen molar-refractivity contribution in [2.45, 2.75) is 52.3 Å². The van der Waals surface area contributed by atoms with Gasteiger partial charge in [-0.2, -0.15) is 0 Å². The molecule has 1 rings (SSSR count). The van der Waals surface area contributed by atoms with E-state index >= 15 is 0 Å². The van der Waals surface area contributed by atoms with Crippen LogP contribution in [0.5, 0.6) is 0 Å². The largest absolute Gasteiger partial charge is 0.324 e. The first-order chi connectivity index (χ1) is 8.71. The van der Waals surface area contributed by atoms with Crippen molar-refractivity contribution in [1.82, 2.24) is 10.2 Å². The highest BCUT2D eigenvalue weighted by molar-refractivity contribution is 6.31. The summed E-state index contributed by atoms with van der Waals surface area (Å²) in [6.45, 7) is 9.70. The summed E-state index contributed by atoms with van der Waals surface area (Å²) in [7, 11) is 0. The molecule has 1 aliphatic heterocycles. The lowest BCUT2D eigenvalue weighted by molar-refractivity contribution is -0.119. The number of urea groups is 1. The van der Waals surface area contributed by atoms with Gasteiger partial charge in [-0.05, 0) is 37.5 Å². The van der Waals surface area contributed by atoms with Crippen LogP contribution in [0.2, 0.25) is 0 Å². The van der Waals surface area contributed by atoms with Gasteiger partial charge in [0.1, 0.15) is 5.38 Å². The summed E-state index contributed by atoms with van der Waals surface area (Å²) in [6.07, 6.45) is 3.11. The summed E-state index contributed by atoms with van der Waals surface area (Å²) >= 11 is 5.64. The molecule has 0 aromatic rings. The van der Waals surface area contributed by atoms with E-state index in [0.717, 1.165) is 19.3 Å².